The molecule has 27 heavy (non-hydrogen) atoms. The van der Waals surface area contributed by atoms with E-state index in [1.165, 1.54) is 17.7 Å². The molecule has 2 aliphatic rings. The van der Waals surface area contributed by atoms with Crippen molar-refractivity contribution in [1.29, 1.82) is 5.26 Å². The van der Waals surface area contributed by atoms with Crippen molar-refractivity contribution >= 4 is 21.6 Å². The first-order valence-corrected chi connectivity index (χ1v) is 9.54. The SMILES string of the molecule is CC1(Br)C=CC(C2CCN(c3ccc(C#N)c(C(F)(F)F)c3F)CC2)=CC1. The Labute approximate surface area is 164 Å². The molecule has 1 aromatic rings. The van der Waals surface area contributed by atoms with Crippen molar-refractivity contribution in [3.63, 3.8) is 0 Å². The van der Waals surface area contributed by atoms with Crippen molar-refractivity contribution in [3.05, 3.63) is 52.9 Å². The minimum atomic E-state index is -4.90. The minimum Gasteiger partial charge on any atom is -0.369 e. The highest BCUT2D eigenvalue weighted by Crippen LogP contribution is 2.39. The molecule has 1 unspecified atom stereocenters. The van der Waals surface area contributed by atoms with Crippen LogP contribution in [-0.4, -0.2) is 17.4 Å². The van der Waals surface area contributed by atoms with Gasteiger partial charge in [-0.25, -0.2) is 4.39 Å². The molecule has 0 aromatic heterocycles. The summed E-state index contributed by atoms with van der Waals surface area (Å²) >= 11 is 3.63. The summed E-state index contributed by atoms with van der Waals surface area (Å²) in [6.45, 7) is 3.04. The van der Waals surface area contributed by atoms with E-state index < -0.39 is 23.1 Å². The van der Waals surface area contributed by atoms with Gasteiger partial charge in [0.05, 0.1) is 17.3 Å². The Bertz CT molecular complexity index is 826. The average molecular weight is 443 g/mol. The molecule has 0 spiro atoms. The summed E-state index contributed by atoms with van der Waals surface area (Å²) in [5, 5.41) is 8.88. The van der Waals surface area contributed by atoms with Crippen molar-refractivity contribution in [2.75, 3.05) is 18.0 Å². The van der Waals surface area contributed by atoms with Crippen LogP contribution in [0.4, 0.5) is 23.2 Å². The Balaban J connectivity index is 1.77. The van der Waals surface area contributed by atoms with Crippen LogP contribution in [0.5, 0.6) is 0 Å². The van der Waals surface area contributed by atoms with Crippen molar-refractivity contribution in [3.8, 4) is 6.07 Å². The lowest BCUT2D eigenvalue weighted by Crippen LogP contribution is -2.35. The third-order valence-corrected chi connectivity index (χ3v) is 5.78. The molecule has 144 valence electrons. The Hall–Kier alpha value is -1.81. The zero-order valence-electron chi connectivity index (χ0n) is 14.8. The fourth-order valence-electron chi connectivity index (χ4n) is 3.66. The molecule has 1 aromatic carbocycles. The third kappa shape index (κ3) is 4.21. The number of hydrogen-bond donors (Lipinski definition) is 0. The Morgan fingerprint density at radius 3 is 2.44 bits per heavy atom. The summed E-state index contributed by atoms with van der Waals surface area (Å²) in [7, 11) is 0. The summed E-state index contributed by atoms with van der Waals surface area (Å²) in [4.78, 5) is 1.64. The number of hydrogen-bond acceptors (Lipinski definition) is 2. The summed E-state index contributed by atoms with van der Waals surface area (Å²) < 4.78 is 54.1. The summed E-state index contributed by atoms with van der Waals surface area (Å²) in [6.07, 6.45) is 3.89. The van der Waals surface area contributed by atoms with Crippen molar-refractivity contribution < 1.29 is 17.6 Å². The van der Waals surface area contributed by atoms with E-state index in [2.05, 4.69) is 41.1 Å². The molecular formula is C20H19BrF4N2. The van der Waals surface area contributed by atoms with E-state index in [9.17, 15) is 17.6 Å². The molecule has 1 saturated heterocycles. The monoisotopic (exact) mass is 442 g/mol. The zero-order valence-corrected chi connectivity index (χ0v) is 16.4. The van der Waals surface area contributed by atoms with Gasteiger partial charge in [0.1, 0.15) is 5.56 Å². The number of anilines is 1. The van der Waals surface area contributed by atoms with Crippen molar-refractivity contribution in [1.82, 2.24) is 0 Å². The minimum absolute atomic E-state index is 0.0309. The fourth-order valence-corrected chi connectivity index (χ4v) is 3.95. The molecule has 7 heteroatoms. The molecular weight excluding hydrogens is 424 g/mol. The highest BCUT2D eigenvalue weighted by Gasteiger charge is 2.39. The van der Waals surface area contributed by atoms with Crippen LogP contribution in [0.2, 0.25) is 0 Å². The number of alkyl halides is 4. The highest BCUT2D eigenvalue weighted by atomic mass is 79.9. The van der Waals surface area contributed by atoms with Gasteiger partial charge in [0.15, 0.2) is 5.82 Å². The standard InChI is InChI=1S/C20H19BrF4N2/c1-19(21)8-4-13(5-9-19)14-6-10-27(11-7-14)16-3-2-15(12-26)17(18(16)22)20(23,24)25/h2-5,8,14H,6-7,9-11H2,1H3. The average Bonchev–Trinajstić information content (AvgIpc) is 2.60. The number of piperidine rings is 1. The topological polar surface area (TPSA) is 27.0 Å². The fraction of sp³-hybridized carbons (Fsp3) is 0.450. The van der Waals surface area contributed by atoms with E-state index >= 15 is 0 Å². The lowest BCUT2D eigenvalue weighted by molar-refractivity contribution is -0.140. The van der Waals surface area contributed by atoms with Crippen molar-refractivity contribution in [2.45, 2.75) is 36.7 Å². The summed E-state index contributed by atoms with van der Waals surface area (Å²) in [5.74, 6) is -1.03. The van der Waals surface area contributed by atoms with Crippen LogP contribution < -0.4 is 4.90 Å². The molecule has 1 heterocycles. The number of nitriles is 1. The van der Waals surface area contributed by atoms with Crippen LogP contribution >= 0.6 is 15.9 Å². The van der Waals surface area contributed by atoms with Crippen LogP contribution in [0.1, 0.15) is 37.3 Å². The molecule has 1 fully saturated rings. The largest absolute Gasteiger partial charge is 0.420 e. The molecule has 0 N–H and O–H groups in total. The quantitative estimate of drug-likeness (QED) is 0.416. The molecule has 1 atom stereocenters. The van der Waals surface area contributed by atoms with Gasteiger partial charge in [-0.1, -0.05) is 34.2 Å². The first kappa shape index (κ1) is 19.9. The number of benzene rings is 1. The molecule has 0 amide bonds. The molecule has 0 bridgehead atoms. The smallest absolute Gasteiger partial charge is 0.369 e. The van der Waals surface area contributed by atoms with Gasteiger partial charge in [0.2, 0.25) is 0 Å². The lowest BCUT2D eigenvalue weighted by atomic mass is 9.84. The maximum Gasteiger partial charge on any atom is 0.420 e. The number of allylic oxidation sites excluding steroid dienone is 4. The molecule has 0 saturated carbocycles. The van der Waals surface area contributed by atoms with E-state index in [1.807, 2.05) is 0 Å². The van der Waals surface area contributed by atoms with Gasteiger partial charge in [-0.05, 0) is 49.8 Å². The van der Waals surface area contributed by atoms with Crippen LogP contribution in [0.15, 0.2) is 35.9 Å². The Kier molecular flexibility index (Phi) is 5.40. The van der Waals surface area contributed by atoms with Crippen molar-refractivity contribution in [2.24, 2.45) is 5.92 Å². The Morgan fingerprint density at radius 1 is 1.26 bits per heavy atom. The second kappa shape index (κ2) is 7.31. The first-order chi connectivity index (χ1) is 12.6. The normalized spacial score (nSPS) is 23.9. The van der Waals surface area contributed by atoms with E-state index in [0.717, 1.165) is 25.3 Å². The Morgan fingerprint density at radius 2 is 1.93 bits per heavy atom. The number of rotatable bonds is 2. The van der Waals surface area contributed by atoms with Gasteiger partial charge < -0.3 is 4.90 Å². The maximum absolute atomic E-state index is 14.6. The lowest BCUT2D eigenvalue weighted by Gasteiger charge is -2.36. The molecule has 3 rings (SSSR count). The predicted molar refractivity (Wildman–Crippen MR) is 100 cm³/mol. The molecule has 2 nitrogen and oxygen atoms in total. The van der Waals surface area contributed by atoms with Gasteiger partial charge in [0.25, 0.3) is 0 Å². The maximum atomic E-state index is 14.6. The second-order valence-electron chi connectivity index (χ2n) is 7.21. The van der Waals surface area contributed by atoms with Gasteiger partial charge in [-0.2, -0.15) is 18.4 Å². The van der Waals surface area contributed by atoms with E-state index in [1.54, 1.807) is 4.90 Å². The van der Waals surface area contributed by atoms with Crippen LogP contribution in [-0.2, 0) is 6.18 Å². The van der Waals surface area contributed by atoms with E-state index in [0.29, 0.717) is 19.0 Å². The zero-order chi connectivity index (χ0) is 19.8. The first-order valence-electron chi connectivity index (χ1n) is 8.75. The highest BCUT2D eigenvalue weighted by molar-refractivity contribution is 9.10. The summed E-state index contributed by atoms with van der Waals surface area (Å²) in [6, 6.07) is 3.76. The molecule has 1 aliphatic heterocycles. The summed E-state index contributed by atoms with van der Waals surface area (Å²) in [5.41, 5.74) is -1.00. The van der Waals surface area contributed by atoms with Gasteiger partial charge in [0, 0.05) is 17.4 Å². The van der Waals surface area contributed by atoms with Crippen LogP contribution in [0.25, 0.3) is 0 Å². The van der Waals surface area contributed by atoms with Crippen LogP contribution in [0, 0.1) is 23.1 Å². The van der Waals surface area contributed by atoms with Gasteiger partial charge in [-0.3, -0.25) is 0 Å². The molecule has 0 radical (unpaired) electrons. The van der Waals surface area contributed by atoms with Crippen LogP contribution in [0.3, 0.4) is 0 Å². The number of nitrogens with zero attached hydrogens (tertiary/aromatic N) is 2. The van der Waals surface area contributed by atoms with Gasteiger partial charge >= 0.3 is 6.18 Å². The molecule has 1 aliphatic carbocycles. The van der Waals surface area contributed by atoms with Gasteiger partial charge in [-0.15, -0.1) is 0 Å². The van der Waals surface area contributed by atoms with E-state index in [-0.39, 0.29) is 10.0 Å². The van der Waals surface area contributed by atoms with E-state index in [4.69, 9.17) is 5.26 Å². The predicted octanol–water partition coefficient (Wildman–Crippen LogP) is 5.97. The second-order valence-corrected chi connectivity index (χ2v) is 9.02. The number of halogens is 5. The third-order valence-electron chi connectivity index (χ3n) is 5.19.